The summed E-state index contributed by atoms with van der Waals surface area (Å²) >= 11 is 5.83. The molecule has 1 aromatic rings. The second-order valence-electron chi connectivity index (χ2n) is 4.77. The van der Waals surface area contributed by atoms with Crippen molar-refractivity contribution < 1.29 is 4.74 Å². The lowest BCUT2D eigenvalue weighted by atomic mass is 10.1. The number of nitrogens with zero attached hydrogens (tertiary/aromatic N) is 2. The van der Waals surface area contributed by atoms with Crippen LogP contribution >= 0.6 is 11.6 Å². The van der Waals surface area contributed by atoms with E-state index in [2.05, 4.69) is 23.7 Å². The van der Waals surface area contributed by atoms with Gasteiger partial charge in [0.2, 0.25) is 0 Å². The van der Waals surface area contributed by atoms with E-state index in [1.807, 2.05) is 21.0 Å². The molecule has 16 heavy (non-hydrogen) atoms. The van der Waals surface area contributed by atoms with Crippen LogP contribution in [0.2, 0.25) is 5.15 Å². The Hall–Kier alpha value is -0.800. The van der Waals surface area contributed by atoms with Gasteiger partial charge in [-0.25, -0.2) is 4.98 Å². The summed E-state index contributed by atoms with van der Waals surface area (Å²) < 4.78 is 5.78. The van der Waals surface area contributed by atoms with E-state index in [-0.39, 0.29) is 5.54 Å². The highest BCUT2D eigenvalue weighted by molar-refractivity contribution is 6.29. The largest absolute Gasteiger partial charge is 0.491 e. The maximum absolute atomic E-state index is 5.83. The van der Waals surface area contributed by atoms with Gasteiger partial charge in [0, 0.05) is 23.4 Å². The summed E-state index contributed by atoms with van der Waals surface area (Å²) in [5.41, 5.74) is 0.987. The second kappa shape index (κ2) is 5.02. The molecule has 0 saturated carbocycles. The van der Waals surface area contributed by atoms with Crippen LogP contribution in [-0.2, 0) is 0 Å². The summed E-state index contributed by atoms with van der Waals surface area (Å²) in [6, 6.07) is 1.75. The molecule has 0 aliphatic rings. The molecule has 1 heterocycles. The summed E-state index contributed by atoms with van der Waals surface area (Å²) in [5, 5.41) is 0.461. The number of pyridine rings is 1. The molecule has 0 radical (unpaired) electrons. The molecule has 0 aliphatic carbocycles. The molecular weight excluding hydrogens is 224 g/mol. The molecule has 1 rings (SSSR count). The number of rotatable bonds is 4. The average Bonchev–Trinajstić information content (AvgIpc) is 2.19. The SMILES string of the molecule is Cc1cnc(Cl)cc1OCC(C)(C)N(C)C. The first kappa shape index (κ1) is 13.3. The molecule has 3 nitrogen and oxygen atoms in total. The average molecular weight is 243 g/mol. The number of likely N-dealkylation sites (N-methyl/N-ethyl adjacent to an activating group) is 1. The van der Waals surface area contributed by atoms with E-state index in [9.17, 15) is 0 Å². The number of aryl methyl sites for hydroxylation is 1. The molecule has 1 aromatic heterocycles. The molecule has 0 unspecified atom stereocenters. The third-order valence-electron chi connectivity index (χ3n) is 2.81. The zero-order valence-corrected chi connectivity index (χ0v) is 11.3. The molecule has 0 amide bonds. The van der Waals surface area contributed by atoms with Crippen molar-refractivity contribution in [3.63, 3.8) is 0 Å². The van der Waals surface area contributed by atoms with Crippen LogP contribution in [0, 0.1) is 6.92 Å². The lowest BCUT2D eigenvalue weighted by Gasteiger charge is -2.32. The normalized spacial score (nSPS) is 11.9. The maximum Gasteiger partial charge on any atom is 0.132 e. The Morgan fingerprint density at radius 1 is 1.44 bits per heavy atom. The van der Waals surface area contributed by atoms with Crippen molar-refractivity contribution in [3.8, 4) is 5.75 Å². The minimum atomic E-state index is -0.0117. The van der Waals surface area contributed by atoms with Gasteiger partial charge in [-0.3, -0.25) is 0 Å². The predicted octanol–water partition coefficient (Wildman–Crippen LogP) is 2.76. The van der Waals surface area contributed by atoms with E-state index in [0.29, 0.717) is 11.8 Å². The van der Waals surface area contributed by atoms with Gasteiger partial charge in [0.1, 0.15) is 17.5 Å². The molecular formula is C12H19ClN2O. The first-order chi connectivity index (χ1) is 7.33. The highest BCUT2D eigenvalue weighted by Gasteiger charge is 2.21. The van der Waals surface area contributed by atoms with Crippen LogP contribution in [0.5, 0.6) is 5.75 Å². The van der Waals surface area contributed by atoms with Crippen LogP contribution in [0.4, 0.5) is 0 Å². The highest BCUT2D eigenvalue weighted by atomic mass is 35.5. The highest BCUT2D eigenvalue weighted by Crippen LogP contribution is 2.22. The van der Waals surface area contributed by atoms with E-state index >= 15 is 0 Å². The lowest BCUT2D eigenvalue weighted by molar-refractivity contribution is 0.113. The first-order valence-electron chi connectivity index (χ1n) is 5.25. The third kappa shape index (κ3) is 3.35. The molecule has 0 N–H and O–H groups in total. The number of hydrogen-bond acceptors (Lipinski definition) is 3. The van der Waals surface area contributed by atoms with Gasteiger partial charge in [-0.1, -0.05) is 11.6 Å². The van der Waals surface area contributed by atoms with Gasteiger partial charge in [-0.15, -0.1) is 0 Å². The Labute approximate surface area is 102 Å². The van der Waals surface area contributed by atoms with Gasteiger partial charge in [-0.05, 0) is 34.9 Å². The van der Waals surface area contributed by atoms with Gasteiger partial charge in [0.05, 0.1) is 0 Å². The molecule has 0 spiro atoms. The van der Waals surface area contributed by atoms with E-state index in [0.717, 1.165) is 11.3 Å². The zero-order valence-electron chi connectivity index (χ0n) is 10.5. The Morgan fingerprint density at radius 2 is 2.06 bits per heavy atom. The summed E-state index contributed by atoms with van der Waals surface area (Å²) in [4.78, 5) is 6.12. The molecule has 0 aromatic carbocycles. The van der Waals surface area contributed by atoms with Gasteiger partial charge in [0.15, 0.2) is 0 Å². The fourth-order valence-corrected chi connectivity index (χ4v) is 1.17. The van der Waals surface area contributed by atoms with E-state index in [1.54, 1.807) is 12.3 Å². The van der Waals surface area contributed by atoms with Gasteiger partial charge in [0.25, 0.3) is 0 Å². The zero-order chi connectivity index (χ0) is 12.3. The number of aromatic nitrogens is 1. The van der Waals surface area contributed by atoms with E-state index in [4.69, 9.17) is 16.3 Å². The van der Waals surface area contributed by atoms with E-state index < -0.39 is 0 Å². The lowest BCUT2D eigenvalue weighted by Crippen LogP contribution is -2.43. The van der Waals surface area contributed by atoms with Gasteiger partial charge >= 0.3 is 0 Å². The van der Waals surface area contributed by atoms with Crippen molar-refractivity contribution in [1.29, 1.82) is 0 Å². The van der Waals surface area contributed by atoms with Gasteiger partial charge in [-0.2, -0.15) is 0 Å². The molecule has 4 heteroatoms. The summed E-state index contributed by atoms with van der Waals surface area (Å²) in [7, 11) is 4.07. The van der Waals surface area contributed by atoms with Crippen LogP contribution in [0.3, 0.4) is 0 Å². The fourth-order valence-electron chi connectivity index (χ4n) is 1.02. The van der Waals surface area contributed by atoms with Crippen LogP contribution < -0.4 is 4.74 Å². The number of hydrogen-bond donors (Lipinski definition) is 0. The van der Waals surface area contributed by atoms with Crippen molar-refractivity contribution >= 4 is 11.6 Å². The van der Waals surface area contributed by atoms with Crippen LogP contribution in [0.25, 0.3) is 0 Å². The second-order valence-corrected chi connectivity index (χ2v) is 5.16. The fraction of sp³-hybridized carbons (Fsp3) is 0.583. The molecule has 90 valence electrons. The Morgan fingerprint density at radius 3 is 2.62 bits per heavy atom. The Balaban J connectivity index is 2.71. The minimum Gasteiger partial charge on any atom is -0.491 e. The quantitative estimate of drug-likeness (QED) is 0.760. The number of ether oxygens (including phenoxy) is 1. The standard InChI is InChI=1S/C12H19ClN2O/c1-9-7-14-11(13)6-10(9)16-8-12(2,3)15(4)5/h6-7H,8H2,1-5H3. The Kier molecular flexibility index (Phi) is 4.16. The summed E-state index contributed by atoms with van der Waals surface area (Å²) in [6.07, 6.45) is 1.72. The van der Waals surface area contributed by atoms with Crippen LogP contribution in [0.15, 0.2) is 12.3 Å². The van der Waals surface area contributed by atoms with Crippen LogP contribution in [0.1, 0.15) is 19.4 Å². The van der Waals surface area contributed by atoms with Crippen molar-refractivity contribution in [2.45, 2.75) is 26.3 Å². The Bertz CT molecular complexity index is 364. The van der Waals surface area contributed by atoms with E-state index in [1.165, 1.54) is 0 Å². The molecule has 0 atom stereocenters. The summed E-state index contributed by atoms with van der Waals surface area (Å²) in [5.74, 6) is 0.801. The molecule has 0 fully saturated rings. The van der Waals surface area contributed by atoms with Crippen LogP contribution in [-0.4, -0.2) is 36.1 Å². The molecule has 0 bridgehead atoms. The summed E-state index contributed by atoms with van der Waals surface area (Å²) in [6.45, 7) is 6.83. The monoisotopic (exact) mass is 242 g/mol. The van der Waals surface area contributed by atoms with Crippen molar-refractivity contribution in [2.75, 3.05) is 20.7 Å². The number of halogens is 1. The van der Waals surface area contributed by atoms with Crippen molar-refractivity contribution in [2.24, 2.45) is 0 Å². The van der Waals surface area contributed by atoms with Crippen molar-refractivity contribution in [1.82, 2.24) is 9.88 Å². The van der Waals surface area contributed by atoms with Crippen molar-refractivity contribution in [3.05, 3.63) is 23.0 Å². The van der Waals surface area contributed by atoms with Gasteiger partial charge < -0.3 is 9.64 Å². The molecule has 0 saturated heterocycles. The smallest absolute Gasteiger partial charge is 0.132 e. The maximum atomic E-state index is 5.83. The third-order valence-corrected chi connectivity index (χ3v) is 3.02. The minimum absolute atomic E-state index is 0.0117. The first-order valence-corrected chi connectivity index (χ1v) is 5.63. The predicted molar refractivity (Wildman–Crippen MR) is 67.2 cm³/mol. The topological polar surface area (TPSA) is 25.4 Å². The molecule has 0 aliphatic heterocycles.